The van der Waals surface area contributed by atoms with Gasteiger partial charge in [0.15, 0.2) is 0 Å². The number of rotatable bonds is 5. The number of nitrogens with zero attached hydrogens (tertiary/aromatic N) is 1. The van der Waals surface area contributed by atoms with E-state index in [9.17, 15) is 14.7 Å². The lowest BCUT2D eigenvalue weighted by Gasteiger charge is -2.33. The van der Waals surface area contributed by atoms with Gasteiger partial charge in [0.25, 0.3) is 0 Å². The average molecular weight is 333 g/mol. The Hall–Kier alpha value is -2.08. The van der Waals surface area contributed by atoms with E-state index in [0.29, 0.717) is 45.6 Å². The van der Waals surface area contributed by atoms with Crippen LogP contribution < -0.4 is 4.74 Å². The fraction of sp³-hybridized carbons (Fsp3) is 0.556. The van der Waals surface area contributed by atoms with E-state index in [0.717, 1.165) is 11.3 Å². The number of carbonyl (C=O) groups excluding carboxylic acids is 1. The lowest BCUT2D eigenvalue weighted by molar-refractivity contribution is -0.157. The monoisotopic (exact) mass is 333 g/mol. The molecule has 2 saturated heterocycles. The number of carboxylic acid groups (broad SMARTS) is 1. The Morgan fingerprint density at radius 3 is 2.92 bits per heavy atom. The van der Waals surface area contributed by atoms with Gasteiger partial charge in [-0.15, -0.1) is 0 Å². The number of amides is 1. The molecular weight excluding hydrogens is 310 g/mol. The van der Waals surface area contributed by atoms with Gasteiger partial charge in [0.05, 0.1) is 19.1 Å². The summed E-state index contributed by atoms with van der Waals surface area (Å²) in [5, 5.41) is 9.66. The molecule has 1 N–H and O–H groups in total. The van der Waals surface area contributed by atoms with Crippen LogP contribution in [0.5, 0.6) is 5.75 Å². The zero-order chi connectivity index (χ0) is 17.2. The molecule has 0 saturated carbocycles. The first kappa shape index (κ1) is 16.8. The number of fused-ring (bicyclic) bond motifs is 1. The molecule has 0 unspecified atom stereocenters. The molecule has 130 valence electrons. The maximum atomic E-state index is 12.6. The number of hydrogen-bond acceptors (Lipinski definition) is 4. The number of ether oxygens (including phenoxy) is 2. The van der Waals surface area contributed by atoms with Gasteiger partial charge in [0.2, 0.25) is 5.91 Å². The normalized spacial score (nSPS) is 26.0. The lowest BCUT2D eigenvalue weighted by Crippen LogP contribution is -2.45. The van der Waals surface area contributed by atoms with Crippen LogP contribution in [0.4, 0.5) is 0 Å². The second-order valence-electron chi connectivity index (χ2n) is 6.57. The molecule has 2 fully saturated rings. The molecule has 0 radical (unpaired) electrons. The summed E-state index contributed by atoms with van der Waals surface area (Å²) in [5.41, 5.74) is 0.152. The number of methoxy groups -OCH3 is 1. The first-order chi connectivity index (χ1) is 11.6. The fourth-order valence-electron chi connectivity index (χ4n) is 3.80. The molecule has 6 nitrogen and oxygen atoms in total. The van der Waals surface area contributed by atoms with Crippen molar-refractivity contribution in [3.05, 3.63) is 29.8 Å². The smallest absolute Gasteiger partial charge is 0.311 e. The minimum Gasteiger partial charge on any atom is -0.496 e. The third-order valence-electron chi connectivity index (χ3n) is 5.29. The van der Waals surface area contributed by atoms with Crippen molar-refractivity contribution in [2.75, 3.05) is 33.4 Å². The Bertz CT molecular complexity index is 632. The van der Waals surface area contributed by atoms with Crippen LogP contribution in [0.1, 0.15) is 18.4 Å². The van der Waals surface area contributed by atoms with Crippen LogP contribution in [-0.4, -0.2) is 55.3 Å². The molecule has 24 heavy (non-hydrogen) atoms. The lowest BCUT2D eigenvalue weighted by atomic mass is 9.74. The van der Waals surface area contributed by atoms with E-state index in [1.165, 1.54) is 0 Å². The van der Waals surface area contributed by atoms with Crippen molar-refractivity contribution in [1.82, 2.24) is 4.90 Å². The number of aryl methyl sites for hydroxylation is 1. The second-order valence-corrected chi connectivity index (χ2v) is 6.57. The van der Waals surface area contributed by atoms with Gasteiger partial charge < -0.3 is 19.5 Å². The van der Waals surface area contributed by atoms with E-state index in [2.05, 4.69) is 0 Å². The molecule has 2 heterocycles. The number of hydrogen-bond donors (Lipinski definition) is 1. The van der Waals surface area contributed by atoms with Gasteiger partial charge in [0, 0.05) is 32.0 Å². The summed E-state index contributed by atoms with van der Waals surface area (Å²) in [5.74, 6) is -0.151. The van der Waals surface area contributed by atoms with Crippen molar-refractivity contribution >= 4 is 11.9 Å². The maximum absolute atomic E-state index is 12.6. The molecule has 6 heteroatoms. The highest BCUT2D eigenvalue weighted by Crippen LogP contribution is 2.42. The molecule has 1 aromatic carbocycles. The van der Waals surface area contributed by atoms with E-state index in [1.807, 2.05) is 24.3 Å². The first-order valence-corrected chi connectivity index (χ1v) is 8.27. The maximum Gasteiger partial charge on any atom is 0.311 e. The zero-order valence-corrected chi connectivity index (χ0v) is 13.9. The minimum atomic E-state index is -0.835. The minimum absolute atomic E-state index is 0.00377. The standard InChI is InChI=1S/C18H23NO5/c1-23-15-5-3-2-4-13(15)6-7-16(20)19-10-14-11-24-9-8-18(14,12-19)17(21)22/h2-5,14H,6-12H2,1H3,(H,21,22)/t14-,18+/m0/s1. The van der Waals surface area contributed by atoms with Crippen molar-refractivity contribution < 1.29 is 24.2 Å². The summed E-state index contributed by atoms with van der Waals surface area (Å²) in [6, 6.07) is 7.64. The van der Waals surface area contributed by atoms with Gasteiger partial charge in [-0.3, -0.25) is 9.59 Å². The van der Waals surface area contributed by atoms with Crippen LogP contribution >= 0.6 is 0 Å². The number of para-hydroxylation sites is 1. The Balaban J connectivity index is 1.65. The van der Waals surface area contributed by atoms with Crippen molar-refractivity contribution in [2.45, 2.75) is 19.3 Å². The Morgan fingerprint density at radius 1 is 1.42 bits per heavy atom. The molecule has 0 aliphatic carbocycles. The molecule has 2 atom stereocenters. The summed E-state index contributed by atoms with van der Waals surface area (Å²) >= 11 is 0. The number of likely N-dealkylation sites (tertiary alicyclic amines) is 1. The molecule has 0 aromatic heterocycles. The second kappa shape index (κ2) is 6.81. The predicted molar refractivity (Wildman–Crippen MR) is 86.9 cm³/mol. The molecule has 2 aliphatic heterocycles. The molecule has 0 bridgehead atoms. The van der Waals surface area contributed by atoms with E-state index in [-0.39, 0.29) is 11.8 Å². The van der Waals surface area contributed by atoms with Crippen molar-refractivity contribution in [2.24, 2.45) is 11.3 Å². The number of aliphatic carboxylic acids is 1. The van der Waals surface area contributed by atoms with E-state index in [1.54, 1.807) is 12.0 Å². The summed E-state index contributed by atoms with van der Waals surface area (Å²) in [7, 11) is 1.61. The molecule has 1 amide bonds. The van der Waals surface area contributed by atoms with E-state index in [4.69, 9.17) is 9.47 Å². The van der Waals surface area contributed by atoms with Crippen molar-refractivity contribution in [3.63, 3.8) is 0 Å². The van der Waals surface area contributed by atoms with Gasteiger partial charge in [-0.25, -0.2) is 0 Å². The van der Waals surface area contributed by atoms with E-state index >= 15 is 0 Å². The number of carbonyl (C=O) groups is 2. The Kier molecular flexibility index (Phi) is 4.76. The third kappa shape index (κ3) is 2.98. The average Bonchev–Trinajstić information content (AvgIpc) is 3.01. The van der Waals surface area contributed by atoms with Gasteiger partial charge in [-0.05, 0) is 24.5 Å². The van der Waals surface area contributed by atoms with Crippen LogP contribution in [-0.2, 0) is 20.7 Å². The summed E-state index contributed by atoms with van der Waals surface area (Å²) in [6.07, 6.45) is 1.41. The molecular formula is C18H23NO5. The molecule has 3 rings (SSSR count). The topological polar surface area (TPSA) is 76.1 Å². The first-order valence-electron chi connectivity index (χ1n) is 8.27. The van der Waals surface area contributed by atoms with Crippen LogP contribution in [0.25, 0.3) is 0 Å². The molecule has 2 aliphatic rings. The van der Waals surface area contributed by atoms with Crippen molar-refractivity contribution in [3.8, 4) is 5.75 Å². The highest BCUT2D eigenvalue weighted by Gasteiger charge is 2.54. The van der Waals surface area contributed by atoms with Crippen molar-refractivity contribution in [1.29, 1.82) is 0 Å². The highest BCUT2D eigenvalue weighted by molar-refractivity contribution is 5.81. The Morgan fingerprint density at radius 2 is 2.21 bits per heavy atom. The predicted octanol–water partition coefficient (Wildman–Crippen LogP) is 1.58. The van der Waals surface area contributed by atoms with Gasteiger partial charge in [-0.1, -0.05) is 18.2 Å². The number of carboxylic acids is 1. The van der Waals surface area contributed by atoms with Crippen LogP contribution in [0.15, 0.2) is 24.3 Å². The molecule has 1 aromatic rings. The van der Waals surface area contributed by atoms with Gasteiger partial charge in [0.1, 0.15) is 5.75 Å². The highest BCUT2D eigenvalue weighted by atomic mass is 16.5. The Labute approximate surface area is 141 Å². The van der Waals surface area contributed by atoms with E-state index < -0.39 is 11.4 Å². The summed E-state index contributed by atoms with van der Waals surface area (Å²) in [4.78, 5) is 26.1. The zero-order valence-electron chi connectivity index (χ0n) is 13.9. The quantitative estimate of drug-likeness (QED) is 0.885. The third-order valence-corrected chi connectivity index (χ3v) is 5.29. The van der Waals surface area contributed by atoms with Gasteiger partial charge >= 0.3 is 5.97 Å². The summed E-state index contributed by atoms with van der Waals surface area (Å²) in [6.45, 7) is 1.63. The van der Waals surface area contributed by atoms with Crippen LogP contribution in [0.3, 0.4) is 0 Å². The SMILES string of the molecule is COc1ccccc1CCC(=O)N1C[C@H]2COCC[C@@]2(C(=O)O)C1. The fourth-order valence-corrected chi connectivity index (χ4v) is 3.80. The summed E-state index contributed by atoms with van der Waals surface area (Å²) < 4.78 is 10.7. The number of benzene rings is 1. The largest absolute Gasteiger partial charge is 0.496 e. The molecule has 0 spiro atoms. The van der Waals surface area contributed by atoms with Crippen LogP contribution in [0, 0.1) is 11.3 Å². The van der Waals surface area contributed by atoms with Gasteiger partial charge in [-0.2, -0.15) is 0 Å². The van der Waals surface area contributed by atoms with Crippen LogP contribution in [0.2, 0.25) is 0 Å².